The third kappa shape index (κ3) is 4.79. The average molecular weight is 316 g/mol. The lowest BCUT2D eigenvalue weighted by Gasteiger charge is -2.15. The van der Waals surface area contributed by atoms with E-state index in [0.29, 0.717) is 11.4 Å². The van der Waals surface area contributed by atoms with E-state index in [-0.39, 0.29) is 24.3 Å². The summed E-state index contributed by atoms with van der Waals surface area (Å²) in [6.45, 7) is 3.95. The summed E-state index contributed by atoms with van der Waals surface area (Å²) in [4.78, 5) is 12.1. The molecule has 0 aliphatic rings. The number of carbonyl (C=O) groups is 1. The Labute approximate surface area is 135 Å². The molecule has 2 aromatic rings. The van der Waals surface area contributed by atoms with Gasteiger partial charge in [0.1, 0.15) is 11.6 Å². The van der Waals surface area contributed by atoms with E-state index in [2.05, 4.69) is 10.6 Å². The maximum absolute atomic E-state index is 13.2. The van der Waals surface area contributed by atoms with Crippen LogP contribution in [-0.2, 0) is 4.79 Å². The van der Waals surface area contributed by atoms with Crippen molar-refractivity contribution in [3.05, 3.63) is 59.4 Å². The minimum Gasteiger partial charge on any atom is -0.495 e. The molecule has 2 aromatic carbocycles. The molecule has 122 valence electrons. The number of benzene rings is 2. The molecule has 1 amide bonds. The second kappa shape index (κ2) is 7.74. The van der Waals surface area contributed by atoms with Crippen LogP contribution in [0, 0.1) is 12.7 Å². The summed E-state index contributed by atoms with van der Waals surface area (Å²) in [6.07, 6.45) is 0. The van der Waals surface area contributed by atoms with Gasteiger partial charge in [0.05, 0.1) is 19.3 Å². The van der Waals surface area contributed by atoms with Crippen molar-refractivity contribution in [2.24, 2.45) is 0 Å². The van der Waals surface area contributed by atoms with Crippen molar-refractivity contribution < 1.29 is 13.9 Å². The summed E-state index contributed by atoms with van der Waals surface area (Å²) in [5.74, 6) is 0.143. The van der Waals surface area contributed by atoms with Gasteiger partial charge in [0.25, 0.3) is 0 Å². The average Bonchev–Trinajstić information content (AvgIpc) is 2.53. The van der Waals surface area contributed by atoms with Gasteiger partial charge in [-0.05, 0) is 49.2 Å². The number of hydrogen-bond donors (Lipinski definition) is 2. The molecule has 4 nitrogen and oxygen atoms in total. The SMILES string of the molecule is COc1ccc(C)cc1NC(=O)CN[C@@H](C)c1cccc(F)c1. The molecule has 2 rings (SSSR count). The van der Waals surface area contributed by atoms with Crippen LogP contribution in [-0.4, -0.2) is 19.6 Å². The van der Waals surface area contributed by atoms with Crippen molar-refractivity contribution in [1.82, 2.24) is 5.32 Å². The Hall–Kier alpha value is -2.40. The van der Waals surface area contributed by atoms with Crippen molar-refractivity contribution >= 4 is 11.6 Å². The summed E-state index contributed by atoms with van der Waals surface area (Å²) >= 11 is 0. The van der Waals surface area contributed by atoms with E-state index in [4.69, 9.17) is 4.74 Å². The van der Waals surface area contributed by atoms with E-state index in [9.17, 15) is 9.18 Å². The first-order chi connectivity index (χ1) is 11.0. The second-order valence-corrected chi connectivity index (χ2v) is 5.41. The normalized spacial score (nSPS) is 11.8. The van der Waals surface area contributed by atoms with Crippen LogP contribution in [0.5, 0.6) is 5.75 Å². The Balaban J connectivity index is 1.94. The summed E-state index contributed by atoms with van der Waals surface area (Å²) < 4.78 is 18.4. The van der Waals surface area contributed by atoms with E-state index < -0.39 is 0 Å². The molecule has 0 saturated heterocycles. The number of rotatable bonds is 6. The lowest BCUT2D eigenvalue weighted by molar-refractivity contribution is -0.115. The summed E-state index contributed by atoms with van der Waals surface area (Å²) in [5.41, 5.74) is 2.46. The fraction of sp³-hybridized carbons (Fsp3) is 0.278. The van der Waals surface area contributed by atoms with Gasteiger partial charge in [0.15, 0.2) is 0 Å². The van der Waals surface area contributed by atoms with Crippen molar-refractivity contribution in [2.75, 3.05) is 19.0 Å². The fourth-order valence-electron chi connectivity index (χ4n) is 2.25. The quantitative estimate of drug-likeness (QED) is 0.858. The van der Waals surface area contributed by atoms with Gasteiger partial charge >= 0.3 is 0 Å². The van der Waals surface area contributed by atoms with Crippen LogP contribution in [0.2, 0.25) is 0 Å². The van der Waals surface area contributed by atoms with Crippen molar-refractivity contribution in [2.45, 2.75) is 19.9 Å². The lowest BCUT2D eigenvalue weighted by Crippen LogP contribution is -2.30. The number of ether oxygens (including phenoxy) is 1. The van der Waals surface area contributed by atoms with Gasteiger partial charge in [0.2, 0.25) is 5.91 Å². The van der Waals surface area contributed by atoms with E-state index >= 15 is 0 Å². The predicted molar refractivity (Wildman–Crippen MR) is 89.2 cm³/mol. The van der Waals surface area contributed by atoms with Gasteiger partial charge in [-0.1, -0.05) is 18.2 Å². The molecule has 0 aliphatic heterocycles. The van der Waals surface area contributed by atoms with Gasteiger partial charge in [0, 0.05) is 6.04 Å². The fourth-order valence-corrected chi connectivity index (χ4v) is 2.25. The van der Waals surface area contributed by atoms with Crippen LogP contribution in [0.3, 0.4) is 0 Å². The third-order valence-corrected chi connectivity index (χ3v) is 3.55. The van der Waals surface area contributed by atoms with Crippen LogP contribution in [0.15, 0.2) is 42.5 Å². The first-order valence-corrected chi connectivity index (χ1v) is 7.43. The minimum absolute atomic E-state index is 0.120. The van der Waals surface area contributed by atoms with Gasteiger partial charge in [-0.25, -0.2) is 4.39 Å². The summed E-state index contributed by atoms with van der Waals surface area (Å²) in [6, 6.07) is 11.8. The zero-order chi connectivity index (χ0) is 16.8. The maximum Gasteiger partial charge on any atom is 0.238 e. The van der Waals surface area contributed by atoms with Crippen molar-refractivity contribution in [3.8, 4) is 5.75 Å². The number of methoxy groups -OCH3 is 1. The maximum atomic E-state index is 13.2. The largest absolute Gasteiger partial charge is 0.495 e. The Kier molecular flexibility index (Phi) is 5.71. The highest BCUT2D eigenvalue weighted by Gasteiger charge is 2.11. The van der Waals surface area contributed by atoms with Gasteiger partial charge in [-0.2, -0.15) is 0 Å². The third-order valence-electron chi connectivity index (χ3n) is 3.55. The van der Waals surface area contributed by atoms with Gasteiger partial charge in [-0.3, -0.25) is 4.79 Å². The molecule has 5 heteroatoms. The molecule has 0 radical (unpaired) electrons. The van der Waals surface area contributed by atoms with E-state index in [1.54, 1.807) is 13.2 Å². The first kappa shape index (κ1) is 17.0. The Morgan fingerprint density at radius 1 is 1.26 bits per heavy atom. The number of anilines is 1. The van der Waals surface area contributed by atoms with E-state index in [1.165, 1.54) is 12.1 Å². The molecule has 0 unspecified atom stereocenters. The molecule has 0 bridgehead atoms. The van der Waals surface area contributed by atoms with Crippen molar-refractivity contribution in [1.29, 1.82) is 0 Å². The molecular weight excluding hydrogens is 295 g/mol. The molecule has 0 aliphatic carbocycles. The topological polar surface area (TPSA) is 50.4 Å². The summed E-state index contributed by atoms with van der Waals surface area (Å²) in [7, 11) is 1.56. The molecule has 0 heterocycles. The lowest BCUT2D eigenvalue weighted by atomic mass is 10.1. The van der Waals surface area contributed by atoms with Crippen LogP contribution in [0.4, 0.5) is 10.1 Å². The first-order valence-electron chi connectivity index (χ1n) is 7.43. The standard InChI is InChI=1S/C18H21FN2O2/c1-12-7-8-17(23-3)16(9-12)21-18(22)11-20-13(2)14-5-4-6-15(19)10-14/h4-10,13,20H,11H2,1-3H3,(H,21,22)/t13-/m0/s1. The Bertz CT molecular complexity index is 688. The zero-order valence-corrected chi connectivity index (χ0v) is 13.5. The summed E-state index contributed by atoms with van der Waals surface area (Å²) in [5, 5.41) is 5.90. The number of nitrogens with one attached hydrogen (secondary N) is 2. The molecule has 1 atom stereocenters. The highest BCUT2D eigenvalue weighted by atomic mass is 19.1. The van der Waals surface area contributed by atoms with Crippen LogP contribution < -0.4 is 15.4 Å². The van der Waals surface area contributed by atoms with E-state index in [0.717, 1.165) is 11.1 Å². The Morgan fingerprint density at radius 3 is 2.74 bits per heavy atom. The predicted octanol–water partition coefficient (Wildman–Crippen LogP) is 3.43. The minimum atomic E-state index is -0.287. The van der Waals surface area contributed by atoms with E-state index in [1.807, 2.05) is 38.1 Å². The molecule has 0 saturated carbocycles. The van der Waals surface area contributed by atoms with Gasteiger partial charge in [-0.15, -0.1) is 0 Å². The second-order valence-electron chi connectivity index (χ2n) is 5.41. The monoisotopic (exact) mass is 316 g/mol. The zero-order valence-electron chi connectivity index (χ0n) is 13.5. The number of amides is 1. The van der Waals surface area contributed by atoms with Crippen LogP contribution in [0.1, 0.15) is 24.1 Å². The molecule has 2 N–H and O–H groups in total. The molecule has 0 aromatic heterocycles. The van der Waals surface area contributed by atoms with Crippen LogP contribution >= 0.6 is 0 Å². The molecule has 0 spiro atoms. The van der Waals surface area contributed by atoms with Crippen LogP contribution in [0.25, 0.3) is 0 Å². The number of halogens is 1. The van der Waals surface area contributed by atoms with Gasteiger partial charge < -0.3 is 15.4 Å². The molecular formula is C18H21FN2O2. The highest BCUT2D eigenvalue weighted by Crippen LogP contribution is 2.25. The molecule has 23 heavy (non-hydrogen) atoms. The number of aryl methyl sites for hydroxylation is 1. The highest BCUT2D eigenvalue weighted by molar-refractivity contribution is 5.93. The number of carbonyl (C=O) groups excluding carboxylic acids is 1. The Morgan fingerprint density at radius 2 is 2.04 bits per heavy atom. The van der Waals surface area contributed by atoms with Crippen molar-refractivity contribution in [3.63, 3.8) is 0 Å². The molecule has 0 fully saturated rings. The smallest absolute Gasteiger partial charge is 0.238 e. The number of hydrogen-bond acceptors (Lipinski definition) is 3.